The summed E-state index contributed by atoms with van der Waals surface area (Å²) in [7, 11) is 0. The first-order valence-electron chi connectivity index (χ1n) is 8.60. The van der Waals surface area contributed by atoms with E-state index in [4.69, 9.17) is 4.74 Å². The van der Waals surface area contributed by atoms with Crippen LogP contribution in [0.25, 0.3) is 0 Å². The van der Waals surface area contributed by atoms with Crippen LogP contribution in [0.1, 0.15) is 27.3 Å². The fourth-order valence-electron chi connectivity index (χ4n) is 2.58. The first kappa shape index (κ1) is 19.4. The van der Waals surface area contributed by atoms with Gasteiger partial charge in [-0.25, -0.2) is 0 Å². The van der Waals surface area contributed by atoms with Gasteiger partial charge < -0.3 is 4.74 Å². The van der Waals surface area contributed by atoms with Crippen molar-refractivity contribution in [3.8, 4) is 5.75 Å². The van der Waals surface area contributed by atoms with Crippen LogP contribution in [-0.4, -0.2) is 27.6 Å². The van der Waals surface area contributed by atoms with E-state index in [1.54, 1.807) is 19.1 Å². The lowest BCUT2D eigenvalue weighted by Crippen LogP contribution is -2.14. The van der Waals surface area contributed by atoms with Crippen molar-refractivity contribution in [1.29, 1.82) is 0 Å². The maximum absolute atomic E-state index is 12.4. The highest BCUT2D eigenvalue weighted by molar-refractivity contribution is 7.15. The molecule has 1 N–H and O–H groups in total. The van der Waals surface area contributed by atoms with Crippen LogP contribution in [0.4, 0.5) is 10.8 Å². The molecule has 0 radical (unpaired) electrons. The van der Waals surface area contributed by atoms with E-state index in [9.17, 15) is 14.9 Å². The largest absolute Gasteiger partial charge is 0.494 e. The maximum atomic E-state index is 12.4. The van der Waals surface area contributed by atoms with E-state index in [0.717, 1.165) is 17.2 Å². The smallest absolute Gasteiger partial charge is 0.285 e. The second kappa shape index (κ2) is 9.05. The molecule has 1 heterocycles. The van der Waals surface area contributed by atoms with Crippen molar-refractivity contribution in [3.63, 3.8) is 0 Å². The van der Waals surface area contributed by atoms with E-state index >= 15 is 0 Å². The molecule has 0 fully saturated rings. The molecule has 0 atom stereocenters. The molecule has 2 aromatic carbocycles. The summed E-state index contributed by atoms with van der Waals surface area (Å²) < 4.78 is 5.63. The number of para-hydroxylation sites is 2. The van der Waals surface area contributed by atoms with Crippen molar-refractivity contribution in [2.45, 2.75) is 19.8 Å². The van der Waals surface area contributed by atoms with Crippen molar-refractivity contribution < 1.29 is 14.5 Å². The molecular formula is C19H18N4O4S. The first-order chi connectivity index (χ1) is 13.5. The van der Waals surface area contributed by atoms with Crippen molar-refractivity contribution in [3.05, 3.63) is 74.8 Å². The predicted octanol–water partition coefficient (Wildman–Crippen LogP) is 4.02. The molecule has 0 aliphatic heterocycles. The Labute approximate surface area is 165 Å². The van der Waals surface area contributed by atoms with E-state index < -0.39 is 10.8 Å². The number of hydrogen-bond acceptors (Lipinski definition) is 7. The molecule has 1 aromatic heterocycles. The minimum absolute atomic E-state index is 0.00184. The van der Waals surface area contributed by atoms with Crippen LogP contribution in [0, 0.1) is 17.0 Å². The number of ether oxygens (including phenoxy) is 1. The maximum Gasteiger partial charge on any atom is 0.285 e. The minimum Gasteiger partial charge on any atom is -0.494 e. The zero-order valence-electron chi connectivity index (χ0n) is 15.1. The summed E-state index contributed by atoms with van der Waals surface area (Å²) in [5.41, 5.74) is 0.217. The van der Waals surface area contributed by atoms with E-state index in [1.807, 2.05) is 30.3 Å². The average Bonchev–Trinajstić information content (AvgIpc) is 3.12. The lowest BCUT2D eigenvalue weighted by molar-refractivity contribution is -0.385. The molecule has 9 heteroatoms. The zero-order valence-corrected chi connectivity index (χ0v) is 15.9. The highest BCUT2D eigenvalue weighted by Crippen LogP contribution is 2.25. The van der Waals surface area contributed by atoms with Gasteiger partial charge >= 0.3 is 0 Å². The van der Waals surface area contributed by atoms with E-state index in [-0.39, 0.29) is 11.3 Å². The highest BCUT2D eigenvalue weighted by atomic mass is 32.1. The quantitative estimate of drug-likeness (QED) is 0.349. The number of anilines is 1. The van der Waals surface area contributed by atoms with Crippen LogP contribution in [0.2, 0.25) is 0 Å². The van der Waals surface area contributed by atoms with Crippen LogP contribution in [-0.2, 0) is 6.42 Å². The Morgan fingerprint density at radius 1 is 1.18 bits per heavy atom. The van der Waals surface area contributed by atoms with E-state index in [0.29, 0.717) is 23.7 Å². The number of hydrogen-bond donors (Lipinski definition) is 1. The Morgan fingerprint density at radius 2 is 1.96 bits per heavy atom. The van der Waals surface area contributed by atoms with Gasteiger partial charge in [-0.3, -0.25) is 20.2 Å². The van der Waals surface area contributed by atoms with Crippen molar-refractivity contribution in [2.75, 3.05) is 11.9 Å². The third-order valence-corrected chi connectivity index (χ3v) is 4.80. The molecule has 3 rings (SSSR count). The number of carbonyl (C=O) groups is 1. The first-order valence-corrected chi connectivity index (χ1v) is 9.42. The fraction of sp³-hybridized carbons (Fsp3) is 0.211. The molecule has 1 amide bonds. The van der Waals surface area contributed by atoms with Crippen LogP contribution in [0.5, 0.6) is 5.75 Å². The number of nitro groups is 1. The molecule has 0 unspecified atom stereocenters. The van der Waals surface area contributed by atoms with Crippen molar-refractivity contribution in [1.82, 2.24) is 10.2 Å². The standard InChI is InChI=1S/C19H18N4O4S/c1-13-7-5-10-15(17(13)23(25)26)18(24)20-19-22-21-16(28-19)11-6-12-27-14-8-3-2-4-9-14/h2-5,7-10H,6,11-12H2,1H3,(H,20,22,24). The molecule has 0 bridgehead atoms. The lowest BCUT2D eigenvalue weighted by atomic mass is 10.1. The van der Waals surface area contributed by atoms with Gasteiger partial charge in [0.05, 0.1) is 11.5 Å². The Hall–Kier alpha value is -3.33. The van der Waals surface area contributed by atoms with Crippen LogP contribution >= 0.6 is 11.3 Å². The summed E-state index contributed by atoms with van der Waals surface area (Å²) >= 11 is 1.24. The molecule has 3 aromatic rings. The number of carbonyl (C=O) groups excluding carboxylic acids is 1. The molecule has 144 valence electrons. The Balaban J connectivity index is 1.55. The summed E-state index contributed by atoms with van der Waals surface area (Å²) in [5.74, 6) is 0.234. The second-order valence-electron chi connectivity index (χ2n) is 5.95. The summed E-state index contributed by atoms with van der Waals surface area (Å²) in [5, 5.41) is 22.9. The minimum atomic E-state index is -0.578. The van der Waals surface area contributed by atoms with Gasteiger partial charge in [0.25, 0.3) is 11.6 Å². The van der Waals surface area contributed by atoms with Crippen LogP contribution < -0.4 is 10.1 Å². The van der Waals surface area contributed by atoms with Gasteiger partial charge in [-0.2, -0.15) is 0 Å². The van der Waals surface area contributed by atoms with Crippen molar-refractivity contribution >= 4 is 28.1 Å². The summed E-state index contributed by atoms with van der Waals surface area (Å²) in [6.45, 7) is 2.14. The summed E-state index contributed by atoms with van der Waals surface area (Å²) in [4.78, 5) is 23.1. The van der Waals surface area contributed by atoms with Gasteiger partial charge in [-0.15, -0.1) is 10.2 Å². The molecule has 28 heavy (non-hydrogen) atoms. The fourth-order valence-corrected chi connectivity index (χ4v) is 3.36. The predicted molar refractivity (Wildman–Crippen MR) is 106 cm³/mol. The van der Waals surface area contributed by atoms with Gasteiger partial charge in [0.1, 0.15) is 16.3 Å². The number of benzene rings is 2. The highest BCUT2D eigenvalue weighted by Gasteiger charge is 2.23. The number of nitrogens with zero attached hydrogens (tertiary/aromatic N) is 3. The second-order valence-corrected chi connectivity index (χ2v) is 7.01. The molecule has 8 nitrogen and oxygen atoms in total. The molecule has 0 spiro atoms. The van der Waals surface area contributed by atoms with Gasteiger partial charge in [0.15, 0.2) is 0 Å². The summed E-state index contributed by atoms with van der Waals surface area (Å²) in [6.07, 6.45) is 1.41. The summed E-state index contributed by atoms with van der Waals surface area (Å²) in [6, 6.07) is 14.1. The van der Waals surface area contributed by atoms with Crippen molar-refractivity contribution in [2.24, 2.45) is 0 Å². The van der Waals surface area contributed by atoms with Gasteiger partial charge in [-0.1, -0.05) is 41.7 Å². The molecule has 0 saturated carbocycles. The molecule has 0 aliphatic rings. The SMILES string of the molecule is Cc1cccc(C(=O)Nc2nnc(CCCOc3ccccc3)s2)c1[N+](=O)[O-]. The Bertz CT molecular complexity index is 975. The molecule has 0 aliphatic carbocycles. The van der Waals surface area contributed by atoms with Gasteiger partial charge in [0.2, 0.25) is 5.13 Å². The number of aryl methyl sites for hydroxylation is 2. The monoisotopic (exact) mass is 398 g/mol. The third-order valence-electron chi connectivity index (χ3n) is 3.90. The Kier molecular flexibility index (Phi) is 6.28. The van der Waals surface area contributed by atoms with Crippen LogP contribution in [0.15, 0.2) is 48.5 Å². The van der Waals surface area contributed by atoms with E-state index in [2.05, 4.69) is 15.5 Å². The molecular weight excluding hydrogens is 380 g/mol. The number of amides is 1. The normalized spacial score (nSPS) is 10.5. The number of nitro benzene ring substituents is 1. The number of nitrogens with one attached hydrogen (secondary N) is 1. The average molecular weight is 398 g/mol. The van der Waals surface area contributed by atoms with Gasteiger partial charge in [0, 0.05) is 12.0 Å². The number of aromatic nitrogens is 2. The topological polar surface area (TPSA) is 107 Å². The lowest BCUT2D eigenvalue weighted by Gasteiger charge is -2.04. The Morgan fingerprint density at radius 3 is 2.71 bits per heavy atom. The van der Waals surface area contributed by atoms with Gasteiger partial charge in [-0.05, 0) is 31.5 Å². The van der Waals surface area contributed by atoms with Crippen LogP contribution in [0.3, 0.4) is 0 Å². The third kappa shape index (κ3) is 4.89. The molecule has 0 saturated heterocycles. The van der Waals surface area contributed by atoms with E-state index in [1.165, 1.54) is 17.4 Å². The zero-order chi connectivity index (χ0) is 19.9. The number of rotatable bonds is 8.